The Balaban J connectivity index is 1.39. The van der Waals surface area contributed by atoms with Gasteiger partial charge in [0.2, 0.25) is 5.95 Å². The number of rotatable bonds is 2. The first-order valence-corrected chi connectivity index (χ1v) is 8.72. The number of amides is 1. The first kappa shape index (κ1) is 16.0. The quantitative estimate of drug-likeness (QED) is 0.843. The normalized spacial score (nSPS) is 19.4. The molecule has 3 heterocycles. The molecular weight excluding hydrogens is 319 g/mol. The molecule has 2 aliphatic rings. The molecule has 2 aliphatic heterocycles. The van der Waals surface area contributed by atoms with E-state index in [1.807, 2.05) is 11.0 Å². The minimum atomic E-state index is -0.315. The Labute approximate surface area is 146 Å². The molecule has 130 valence electrons. The van der Waals surface area contributed by atoms with Crippen molar-refractivity contribution < 1.29 is 9.18 Å². The number of carbonyl (C=O) groups is 1. The Bertz CT molecular complexity index is 742. The van der Waals surface area contributed by atoms with Crippen LogP contribution in [0.1, 0.15) is 29.6 Å². The van der Waals surface area contributed by atoms with E-state index in [2.05, 4.69) is 14.9 Å². The number of likely N-dealkylation sites (tertiary alicyclic amines) is 1. The van der Waals surface area contributed by atoms with Gasteiger partial charge in [-0.2, -0.15) is 0 Å². The van der Waals surface area contributed by atoms with Crippen molar-refractivity contribution in [1.29, 1.82) is 0 Å². The van der Waals surface area contributed by atoms with Gasteiger partial charge in [0.15, 0.2) is 0 Å². The molecule has 25 heavy (non-hydrogen) atoms. The van der Waals surface area contributed by atoms with Crippen LogP contribution in [0.5, 0.6) is 0 Å². The number of nitrogens with zero attached hydrogens (tertiary/aromatic N) is 4. The lowest BCUT2D eigenvalue weighted by Gasteiger charge is -2.39. The van der Waals surface area contributed by atoms with Gasteiger partial charge in [-0.1, -0.05) is 0 Å². The lowest BCUT2D eigenvalue weighted by Crippen LogP contribution is -2.42. The van der Waals surface area contributed by atoms with E-state index >= 15 is 0 Å². The summed E-state index contributed by atoms with van der Waals surface area (Å²) in [6.07, 6.45) is 6.65. The number of piperidine rings is 1. The molecule has 1 aromatic heterocycles. The summed E-state index contributed by atoms with van der Waals surface area (Å²) in [5, 5.41) is 0. The summed E-state index contributed by atoms with van der Waals surface area (Å²) in [6.45, 7) is 3.40. The molecule has 0 unspecified atom stereocenters. The summed E-state index contributed by atoms with van der Waals surface area (Å²) < 4.78 is 13.0. The highest BCUT2D eigenvalue weighted by Gasteiger charge is 2.42. The second-order valence-electron chi connectivity index (χ2n) is 7.02. The number of halogens is 1. The van der Waals surface area contributed by atoms with E-state index in [0.29, 0.717) is 5.56 Å². The summed E-state index contributed by atoms with van der Waals surface area (Å²) in [4.78, 5) is 25.4. The van der Waals surface area contributed by atoms with Crippen LogP contribution in [0.15, 0.2) is 42.7 Å². The third-order valence-corrected chi connectivity index (χ3v) is 5.48. The fraction of sp³-hybridized carbons (Fsp3) is 0.421. The van der Waals surface area contributed by atoms with Gasteiger partial charge in [-0.15, -0.1) is 0 Å². The highest BCUT2D eigenvalue weighted by atomic mass is 19.1. The lowest BCUT2D eigenvalue weighted by atomic mass is 9.78. The number of hydrogen-bond acceptors (Lipinski definition) is 4. The van der Waals surface area contributed by atoms with Crippen LogP contribution in [-0.2, 0) is 0 Å². The third kappa shape index (κ3) is 3.21. The maximum atomic E-state index is 13.0. The number of hydrogen-bond donors (Lipinski definition) is 0. The van der Waals surface area contributed by atoms with Gasteiger partial charge >= 0.3 is 0 Å². The molecule has 0 bridgehead atoms. The van der Waals surface area contributed by atoms with E-state index in [1.165, 1.54) is 12.1 Å². The number of aromatic nitrogens is 2. The van der Waals surface area contributed by atoms with Crippen LogP contribution < -0.4 is 4.90 Å². The van der Waals surface area contributed by atoms with Crippen molar-refractivity contribution in [2.75, 3.05) is 31.1 Å². The van der Waals surface area contributed by atoms with E-state index in [0.717, 1.165) is 51.4 Å². The van der Waals surface area contributed by atoms with Gasteiger partial charge in [0.05, 0.1) is 0 Å². The van der Waals surface area contributed by atoms with Gasteiger partial charge < -0.3 is 9.80 Å². The third-order valence-electron chi connectivity index (χ3n) is 5.48. The van der Waals surface area contributed by atoms with Crippen LogP contribution in [0.2, 0.25) is 0 Å². The molecule has 2 fully saturated rings. The molecule has 5 nitrogen and oxygen atoms in total. The highest BCUT2D eigenvalue weighted by molar-refractivity contribution is 5.94. The lowest BCUT2D eigenvalue weighted by molar-refractivity contribution is 0.0764. The number of carbonyl (C=O) groups excluding carboxylic acids is 1. The topological polar surface area (TPSA) is 49.3 Å². The molecule has 0 N–H and O–H groups in total. The molecule has 6 heteroatoms. The zero-order valence-corrected chi connectivity index (χ0v) is 14.1. The molecule has 1 spiro atoms. The van der Waals surface area contributed by atoms with Crippen molar-refractivity contribution >= 4 is 11.9 Å². The van der Waals surface area contributed by atoms with E-state index in [9.17, 15) is 9.18 Å². The Hall–Kier alpha value is -2.50. The first-order chi connectivity index (χ1) is 12.2. The average molecular weight is 340 g/mol. The van der Waals surface area contributed by atoms with Crippen molar-refractivity contribution in [3.05, 3.63) is 54.1 Å². The Kier molecular flexibility index (Phi) is 4.11. The molecule has 4 rings (SSSR count). The second-order valence-corrected chi connectivity index (χ2v) is 7.02. The molecule has 2 saturated heterocycles. The van der Waals surface area contributed by atoms with Gasteiger partial charge in [0, 0.05) is 44.1 Å². The maximum Gasteiger partial charge on any atom is 0.253 e. The monoisotopic (exact) mass is 340 g/mol. The largest absolute Gasteiger partial charge is 0.341 e. The highest BCUT2D eigenvalue weighted by Crippen LogP contribution is 2.41. The van der Waals surface area contributed by atoms with Crippen LogP contribution in [0.25, 0.3) is 0 Å². The minimum Gasteiger partial charge on any atom is -0.341 e. The summed E-state index contributed by atoms with van der Waals surface area (Å²) in [5.41, 5.74) is 0.759. The van der Waals surface area contributed by atoms with Crippen LogP contribution in [0.3, 0.4) is 0 Å². The predicted octanol–water partition coefficient (Wildman–Crippen LogP) is 2.75. The average Bonchev–Trinajstić information content (AvgIpc) is 3.07. The second kappa shape index (κ2) is 6.43. The Morgan fingerprint density at radius 1 is 1.00 bits per heavy atom. The molecule has 2 aromatic rings. The van der Waals surface area contributed by atoms with Crippen molar-refractivity contribution in [1.82, 2.24) is 14.9 Å². The summed E-state index contributed by atoms with van der Waals surface area (Å²) >= 11 is 0. The summed E-state index contributed by atoms with van der Waals surface area (Å²) in [7, 11) is 0. The van der Waals surface area contributed by atoms with Crippen LogP contribution in [0, 0.1) is 11.2 Å². The van der Waals surface area contributed by atoms with E-state index in [-0.39, 0.29) is 17.1 Å². The smallest absolute Gasteiger partial charge is 0.253 e. The SMILES string of the molecule is O=C(c1ccc(F)cc1)N1CCC2(CCN(c3ncccn3)CC2)C1. The van der Waals surface area contributed by atoms with Crippen molar-refractivity contribution in [2.45, 2.75) is 19.3 Å². The molecule has 1 amide bonds. The van der Waals surface area contributed by atoms with Crippen LogP contribution in [0.4, 0.5) is 10.3 Å². The number of benzene rings is 1. The van der Waals surface area contributed by atoms with Crippen molar-refractivity contribution in [2.24, 2.45) is 5.41 Å². The fourth-order valence-corrected chi connectivity index (χ4v) is 3.93. The van der Waals surface area contributed by atoms with Crippen LogP contribution >= 0.6 is 0 Å². The molecule has 0 saturated carbocycles. The van der Waals surface area contributed by atoms with Gasteiger partial charge in [0.1, 0.15) is 5.82 Å². The summed E-state index contributed by atoms with van der Waals surface area (Å²) in [6, 6.07) is 7.65. The van der Waals surface area contributed by atoms with Crippen molar-refractivity contribution in [3.8, 4) is 0 Å². The maximum absolute atomic E-state index is 13.0. The van der Waals surface area contributed by atoms with Gasteiger partial charge in [0.25, 0.3) is 5.91 Å². The summed E-state index contributed by atoms with van der Waals surface area (Å²) in [5.74, 6) is 0.477. The zero-order chi connectivity index (χ0) is 17.3. The van der Waals surface area contributed by atoms with Crippen molar-refractivity contribution in [3.63, 3.8) is 0 Å². The molecule has 0 radical (unpaired) electrons. The fourth-order valence-electron chi connectivity index (χ4n) is 3.93. The van der Waals surface area contributed by atoms with E-state index in [4.69, 9.17) is 0 Å². The predicted molar refractivity (Wildman–Crippen MR) is 92.8 cm³/mol. The van der Waals surface area contributed by atoms with E-state index in [1.54, 1.807) is 24.5 Å². The van der Waals surface area contributed by atoms with Gasteiger partial charge in [-0.25, -0.2) is 14.4 Å². The number of anilines is 1. The standard InChI is InChI=1S/C19H21FN4O/c20-16-4-2-15(3-5-16)17(25)24-13-8-19(14-24)6-11-23(12-7-19)18-21-9-1-10-22-18/h1-5,9-10H,6-8,11-14H2. The van der Waals surface area contributed by atoms with Gasteiger partial charge in [-0.05, 0) is 55.0 Å². The van der Waals surface area contributed by atoms with Gasteiger partial charge in [-0.3, -0.25) is 4.79 Å². The Morgan fingerprint density at radius 2 is 1.64 bits per heavy atom. The van der Waals surface area contributed by atoms with E-state index < -0.39 is 0 Å². The zero-order valence-electron chi connectivity index (χ0n) is 14.1. The first-order valence-electron chi connectivity index (χ1n) is 8.72. The molecule has 0 aliphatic carbocycles. The van der Waals surface area contributed by atoms with Crippen LogP contribution in [-0.4, -0.2) is 47.0 Å². The molecule has 0 atom stereocenters. The Morgan fingerprint density at radius 3 is 2.32 bits per heavy atom. The molecular formula is C19H21FN4O. The minimum absolute atomic E-state index is 0.00528. The molecule has 1 aromatic carbocycles.